The van der Waals surface area contributed by atoms with Crippen LogP contribution in [0, 0.1) is 11.6 Å². The van der Waals surface area contributed by atoms with Gasteiger partial charge in [0.15, 0.2) is 28.0 Å². The Bertz CT molecular complexity index is 785. The molecule has 1 saturated heterocycles. The van der Waals surface area contributed by atoms with E-state index in [0.717, 1.165) is 12.1 Å². The summed E-state index contributed by atoms with van der Waals surface area (Å²) in [6.07, 6.45) is 0.348. The van der Waals surface area contributed by atoms with Crippen molar-refractivity contribution in [2.75, 3.05) is 31.2 Å². The first-order chi connectivity index (χ1) is 12.2. The second kappa shape index (κ2) is 8.43. The standard InChI is InChI=1S/C16H20F2N2O5S/c1-2-20(8-15(21)19-12-5-6-26(23,24)10-12)16(22)9-25-14-4-3-11(17)7-13(14)18/h3-4,7,12H,2,5-6,8-10H2,1H3,(H,19,21)/t12-/m1/s1. The summed E-state index contributed by atoms with van der Waals surface area (Å²) >= 11 is 0. The van der Waals surface area contributed by atoms with Crippen molar-refractivity contribution in [1.82, 2.24) is 10.2 Å². The molecular weight excluding hydrogens is 370 g/mol. The van der Waals surface area contributed by atoms with Gasteiger partial charge in [0.25, 0.3) is 5.91 Å². The normalized spacial score (nSPS) is 18.3. The third-order valence-corrected chi connectivity index (χ3v) is 5.68. The van der Waals surface area contributed by atoms with Gasteiger partial charge in [-0.1, -0.05) is 0 Å². The minimum absolute atomic E-state index is 0.0332. The maximum atomic E-state index is 13.5. The first-order valence-corrected chi connectivity index (χ1v) is 9.87. The highest BCUT2D eigenvalue weighted by Crippen LogP contribution is 2.17. The molecule has 0 bridgehead atoms. The van der Waals surface area contributed by atoms with Crippen molar-refractivity contribution in [2.45, 2.75) is 19.4 Å². The van der Waals surface area contributed by atoms with Crippen LogP contribution < -0.4 is 10.1 Å². The highest BCUT2D eigenvalue weighted by Gasteiger charge is 2.29. The van der Waals surface area contributed by atoms with Crippen LogP contribution in [0.1, 0.15) is 13.3 Å². The van der Waals surface area contributed by atoms with Gasteiger partial charge in [0.05, 0.1) is 18.1 Å². The lowest BCUT2D eigenvalue weighted by Gasteiger charge is -2.21. The molecule has 2 amide bonds. The van der Waals surface area contributed by atoms with Gasteiger partial charge in [-0.2, -0.15) is 0 Å². The Hall–Kier alpha value is -2.23. The van der Waals surface area contributed by atoms with Gasteiger partial charge in [-0.15, -0.1) is 0 Å². The Labute approximate surface area is 150 Å². The van der Waals surface area contributed by atoms with E-state index in [1.165, 1.54) is 4.90 Å². The third-order valence-electron chi connectivity index (χ3n) is 3.91. The number of rotatable bonds is 7. The fourth-order valence-corrected chi connectivity index (χ4v) is 4.23. The van der Waals surface area contributed by atoms with Crippen LogP contribution in [0.4, 0.5) is 8.78 Å². The van der Waals surface area contributed by atoms with E-state index >= 15 is 0 Å². The number of nitrogens with zero attached hydrogens (tertiary/aromatic N) is 1. The highest BCUT2D eigenvalue weighted by molar-refractivity contribution is 7.91. The molecular formula is C16H20F2N2O5S. The lowest BCUT2D eigenvalue weighted by atomic mass is 10.2. The van der Waals surface area contributed by atoms with E-state index < -0.39 is 45.9 Å². The Balaban J connectivity index is 1.84. The number of hydrogen-bond donors (Lipinski definition) is 1. The number of hydrogen-bond acceptors (Lipinski definition) is 5. The van der Waals surface area contributed by atoms with Crippen molar-refractivity contribution in [3.8, 4) is 5.75 Å². The number of sulfone groups is 1. The summed E-state index contributed by atoms with van der Waals surface area (Å²) in [4.78, 5) is 25.3. The fraction of sp³-hybridized carbons (Fsp3) is 0.500. The smallest absolute Gasteiger partial charge is 0.260 e. The summed E-state index contributed by atoms with van der Waals surface area (Å²) in [5, 5.41) is 2.59. The number of nitrogens with one attached hydrogen (secondary N) is 1. The van der Waals surface area contributed by atoms with Crippen molar-refractivity contribution in [3.05, 3.63) is 29.8 Å². The van der Waals surface area contributed by atoms with Crippen molar-refractivity contribution in [3.63, 3.8) is 0 Å². The molecule has 1 atom stereocenters. The van der Waals surface area contributed by atoms with Crippen LogP contribution in [0.2, 0.25) is 0 Å². The minimum Gasteiger partial charge on any atom is -0.481 e. The van der Waals surface area contributed by atoms with Crippen LogP contribution in [-0.2, 0) is 19.4 Å². The molecule has 2 rings (SSSR count). The Kier molecular flexibility index (Phi) is 6.52. The zero-order valence-corrected chi connectivity index (χ0v) is 15.0. The number of carbonyl (C=O) groups excluding carboxylic acids is 2. The molecule has 0 unspecified atom stereocenters. The SMILES string of the molecule is CCN(CC(=O)N[C@@H]1CCS(=O)(=O)C1)C(=O)COc1ccc(F)cc1F. The molecule has 0 radical (unpaired) electrons. The van der Waals surface area contributed by atoms with E-state index in [4.69, 9.17) is 4.74 Å². The van der Waals surface area contributed by atoms with Crippen molar-refractivity contribution < 1.29 is 31.5 Å². The molecule has 1 heterocycles. The van der Waals surface area contributed by atoms with Gasteiger partial charge < -0.3 is 15.0 Å². The summed E-state index contributed by atoms with van der Waals surface area (Å²) in [5.41, 5.74) is 0. The van der Waals surface area contributed by atoms with E-state index in [0.29, 0.717) is 12.5 Å². The summed E-state index contributed by atoms with van der Waals surface area (Å²) < 4.78 is 54.1. The van der Waals surface area contributed by atoms with Gasteiger partial charge in [0.1, 0.15) is 5.82 Å². The van der Waals surface area contributed by atoms with Gasteiger partial charge in [0.2, 0.25) is 5.91 Å². The van der Waals surface area contributed by atoms with Gasteiger partial charge in [-0.25, -0.2) is 17.2 Å². The quantitative estimate of drug-likeness (QED) is 0.732. The second-order valence-electron chi connectivity index (χ2n) is 5.94. The predicted molar refractivity (Wildman–Crippen MR) is 89.3 cm³/mol. The van der Waals surface area contributed by atoms with Crippen LogP contribution in [0.5, 0.6) is 5.75 Å². The molecule has 0 aliphatic carbocycles. The summed E-state index contributed by atoms with van der Waals surface area (Å²) in [5.74, 6) is -3.06. The van der Waals surface area contributed by atoms with Crippen LogP contribution >= 0.6 is 0 Å². The van der Waals surface area contributed by atoms with Crippen LogP contribution in [0.15, 0.2) is 18.2 Å². The largest absolute Gasteiger partial charge is 0.481 e. The van der Waals surface area contributed by atoms with E-state index in [1.807, 2.05) is 0 Å². The average molecular weight is 390 g/mol. The Morgan fingerprint density at radius 3 is 2.65 bits per heavy atom. The first-order valence-electron chi connectivity index (χ1n) is 8.05. The van der Waals surface area contributed by atoms with Crippen LogP contribution in [0.25, 0.3) is 0 Å². The minimum atomic E-state index is -3.12. The average Bonchev–Trinajstić information content (AvgIpc) is 2.90. The molecule has 1 aliphatic heterocycles. The molecule has 1 aliphatic rings. The van der Waals surface area contributed by atoms with E-state index in [1.54, 1.807) is 6.92 Å². The number of ether oxygens (including phenoxy) is 1. The summed E-state index contributed by atoms with van der Waals surface area (Å²) in [6.45, 7) is 1.09. The molecule has 1 aromatic carbocycles. The van der Waals surface area contributed by atoms with Gasteiger partial charge in [-0.3, -0.25) is 9.59 Å². The monoisotopic (exact) mass is 390 g/mol. The molecule has 0 aromatic heterocycles. The number of benzene rings is 1. The first kappa shape index (κ1) is 20.1. The molecule has 1 N–H and O–H groups in total. The third kappa shape index (κ3) is 5.65. The molecule has 0 spiro atoms. The molecule has 26 heavy (non-hydrogen) atoms. The summed E-state index contributed by atoms with van der Waals surface area (Å²) in [7, 11) is -3.12. The lowest BCUT2D eigenvalue weighted by molar-refractivity contribution is -0.137. The zero-order chi connectivity index (χ0) is 19.3. The number of carbonyl (C=O) groups is 2. The lowest BCUT2D eigenvalue weighted by Crippen LogP contribution is -2.45. The second-order valence-corrected chi connectivity index (χ2v) is 8.17. The molecule has 144 valence electrons. The topological polar surface area (TPSA) is 92.8 Å². The van der Waals surface area contributed by atoms with Crippen LogP contribution in [-0.4, -0.2) is 62.4 Å². The number of amides is 2. The van der Waals surface area contributed by atoms with E-state index in [2.05, 4.69) is 5.32 Å². The van der Waals surface area contributed by atoms with Crippen LogP contribution in [0.3, 0.4) is 0 Å². The van der Waals surface area contributed by atoms with Gasteiger partial charge in [0, 0.05) is 18.7 Å². The molecule has 7 nitrogen and oxygen atoms in total. The van der Waals surface area contributed by atoms with Crippen molar-refractivity contribution in [1.29, 1.82) is 0 Å². The van der Waals surface area contributed by atoms with Crippen molar-refractivity contribution >= 4 is 21.7 Å². The number of halogens is 2. The van der Waals surface area contributed by atoms with Gasteiger partial charge >= 0.3 is 0 Å². The zero-order valence-electron chi connectivity index (χ0n) is 14.2. The molecule has 10 heteroatoms. The highest BCUT2D eigenvalue weighted by atomic mass is 32.2. The van der Waals surface area contributed by atoms with E-state index in [9.17, 15) is 26.8 Å². The Morgan fingerprint density at radius 1 is 1.35 bits per heavy atom. The maximum absolute atomic E-state index is 13.5. The number of likely N-dealkylation sites (N-methyl/N-ethyl adjacent to an activating group) is 1. The van der Waals surface area contributed by atoms with Gasteiger partial charge in [-0.05, 0) is 25.5 Å². The fourth-order valence-electron chi connectivity index (χ4n) is 2.55. The molecule has 0 saturated carbocycles. The van der Waals surface area contributed by atoms with Crippen molar-refractivity contribution in [2.24, 2.45) is 0 Å². The predicted octanol–water partition coefficient (Wildman–Crippen LogP) is 0.495. The Morgan fingerprint density at radius 2 is 2.08 bits per heavy atom. The summed E-state index contributed by atoms with van der Waals surface area (Å²) in [6, 6.07) is 2.26. The maximum Gasteiger partial charge on any atom is 0.260 e. The molecule has 1 aromatic rings. The van der Waals surface area contributed by atoms with E-state index in [-0.39, 0.29) is 30.3 Å². The molecule has 1 fully saturated rings.